The summed E-state index contributed by atoms with van der Waals surface area (Å²) in [6, 6.07) is 3.69. The van der Waals surface area contributed by atoms with Crippen molar-refractivity contribution < 1.29 is 24.2 Å². The molecule has 7 nitrogen and oxygen atoms in total. The summed E-state index contributed by atoms with van der Waals surface area (Å²) in [7, 11) is 2.98. The fourth-order valence-corrected chi connectivity index (χ4v) is 2.20. The van der Waals surface area contributed by atoms with E-state index in [9.17, 15) is 14.7 Å². The number of hydrogen-bond donors (Lipinski definition) is 2. The van der Waals surface area contributed by atoms with Gasteiger partial charge in [0.2, 0.25) is 5.91 Å². The molecule has 0 aromatic heterocycles. The van der Waals surface area contributed by atoms with Crippen LogP contribution >= 0.6 is 0 Å². The van der Waals surface area contributed by atoms with Gasteiger partial charge in [0.1, 0.15) is 17.5 Å². The molecular weight excluding hydrogens is 276 g/mol. The van der Waals surface area contributed by atoms with Crippen LogP contribution in [-0.4, -0.2) is 61.8 Å². The highest BCUT2D eigenvalue weighted by molar-refractivity contribution is 6.00. The smallest absolute Gasteiger partial charge is 0.258 e. The third kappa shape index (κ3) is 3.08. The minimum absolute atomic E-state index is 0.102. The second-order valence-electron chi connectivity index (χ2n) is 4.59. The summed E-state index contributed by atoms with van der Waals surface area (Å²) in [5.41, 5.74) is 0.102. The highest BCUT2D eigenvalue weighted by atomic mass is 16.5. The van der Waals surface area contributed by atoms with E-state index >= 15 is 0 Å². The van der Waals surface area contributed by atoms with Gasteiger partial charge in [-0.2, -0.15) is 0 Å². The fraction of sp³-hybridized carbons (Fsp3) is 0.429. The van der Waals surface area contributed by atoms with E-state index in [1.54, 1.807) is 6.07 Å². The molecule has 0 saturated carbocycles. The highest BCUT2D eigenvalue weighted by Crippen LogP contribution is 2.25. The average Bonchev–Trinajstić information content (AvgIpc) is 2.54. The number of ether oxygens (including phenoxy) is 2. The summed E-state index contributed by atoms with van der Waals surface area (Å²) < 4.78 is 10.3. The van der Waals surface area contributed by atoms with Crippen LogP contribution in [0.3, 0.4) is 0 Å². The first-order valence-corrected chi connectivity index (χ1v) is 6.55. The van der Waals surface area contributed by atoms with Gasteiger partial charge in [-0.25, -0.2) is 0 Å². The summed E-state index contributed by atoms with van der Waals surface area (Å²) in [5, 5.41) is 12.4. The Bertz CT molecular complexity index is 546. The fourth-order valence-electron chi connectivity index (χ4n) is 2.20. The van der Waals surface area contributed by atoms with E-state index in [0.717, 1.165) is 0 Å². The minimum Gasteiger partial charge on any atom is -0.507 e. The molecule has 0 aliphatic carbocycles. The number of phenols is 1. The van der Waals surface area contributed by atoms with Crippen LogP contribution in [0.25, 0.3) is 0 Å². The number of benzene rings is 1. The van der Waals surface area contributed by atoms with E-state index in [-0.39, 0.29) is 30.4 Å². The van der Waals surface area contributed by atoms with Crippen LogP contribution in [0.2, 0.25) is 0 Å². The number of nitrogens with zero attached hydrogens (tertiary/aromatic N) is 1. The van der Waals surface area contributed by atoms with E-state index in [0.29, 0.717) is 12.4 Å². The zero-order valence-corrected chi connectivity index (χ0v) is 12.0. The lowest BCUT2D eigenvalue weighted by atomic mass is 10.1. The normalized spacial score (nSPS) is 18.2. The van der Waals surface area contributed by atoms with Crippen molar-refractivity contribution in [2.24, 2.45) is 0 Å². The van der Waals surface area contributed by atoms with E-state index in [4.69, 9.17) is 9.47 Å². The van der Waals surface area contributed by atoms with Crippen LogP contribution in [0.5, 0.6) is 11.5 Å². The van der Waals surface area contributed by atoms with Crippen LogP contribution in [0, 0.1) is 0 Å². The Hall–Kier alpha value is -2.28. The molecule has 1 saturated heterocycles. The third-order valence-electron chi connectivity index (χ3n) is 3.37. The maximum Gasteiger partial charge on any atom is 0.258 e. The predicted molar refractivity (Wildman–Crippen MR) is 74.4 cm³/mol. The van der Waals surface area contributed by atoms with E-state index in [1.807, 2.05) is 0 Å². The predicted octanol–water partition coefficient (Wildman–Crippen LogP) is -0.0122. The standard InChI is InChI=1S/C14H18N2O5/c1-15-13(18)11-8-21-6-5-16(11)14(19)10-7-9(20-2)3-4-12(10)17/h3-4,7,11,17H,5-6,8H2,1-2H3,(H,15,18). The molecule has 0 radical (unpaired) electrons. The molecule has 1 fully saturated rings. The Kier molecular flexibility index (Phi) is 4.64. The number of likely N-dealkylation sites (N-methyl/N-ethyl adjacent to an activating group) is 1. The first-order chi connectivity index (χ1) is 10.1. The highest BCUT2D eigenvalue weighted by Gasteiger charge is 2.33. The Morgan fingerprint density at radius 3 is 2.90 bits per heavy atom. The van der Waals surface area contributed by atoms with Gasteiger partial charge in [0.05, 0.1) is 25.9 Å². The zero-order chi connectivity index (χ0) is 15.4. The van der Waals surface area contributed by atoms with Gasteiger partial charge in [0.25, 0.3) is 5.91 Å². The molecule has 0 spiro atoms. The maximum atomic E-state index is 12.6. The monoisotopic (exact) mass is 294 g/mol. The molecular formula is C14H18N2O5. The molecule has 1 atom stereocenters. The summed E-state index contributed by atoms with van der Waals surface area (Å²) in [4.78, 5) is 25.8. The Morgan fingerprint density at radius 1 is 1.48 bits per heavy atom. The SMILES string of the molecule is CNC(=O)C1COCCN1C(=O)c1cc(OC)ccc1O. The number of amides is 2. The number of hydrogen-bond acceptors (Lipinski definition) is 5. The molecule has 2 amide bonds. The largest absolute Gasteiger partial charge is 0.507 e. The van der Waals surface area contributed by atoms with Crippen LogP contribution in [-0.2, 0) is 9.53 Å². The van der Waals surface area contributed by atoms with Gasteiger partial charge in [0, 0.05) is 13.6 Å². The van der Waals surface area contributed by atoms with E-state index < -0.39 is 11.9 Å². The van der Waals surface area contributed by atoms with E-state index in [1.165, 1.54) is 31.2 Å². The molecule has 1 aliphatic rings. The second kappa shape index (κ2) is 6.45. The topological polar surface area (TPSA) is 88.1 Å². The summed E-state index contributed by atoms with van der Waals surface area (Å²) in [6.45, 7) is 0.772. The van der Waals surface area contributed by atoms with Gasteiger partial charge in [-0.05, 0) is 18.2 Å². The molecule has 1 aromatic carbocycles. The number of phenolic OH excluding ortho intramolecular Hbond substituents is 1. The second-order valence-corrected chi connectivity index (χ2v) is 4.59. The van der Waals surface area contributed by atoms with Crippen molar-refractivity contribution in [3.05, 3.63) is 23.8 Å². The quantitative estimate of drug-likeness (QED) is 0.818. The van der Waals surface area contributed by atoms with Gasteiger partial charge < -0.3 is 24.8 Å². The lowest BCUT2D eigenvalue weighted by Gasteiger charge is -2.34. The number of aromatic hydroxyl groups is 1. The minimum atomic E-state index is -0.707. The number of nitrogens with one attached hydrogen (secondary N) is 1. The molecule has 1 unspecified atom stereocenters. The lowest BCUT2D eigenvalue weighted by Crippen LogP contribution is -2.55. The summed E-state index contributed by atoms with van der Waals surface area (Å²) >= 11 is 0. The molecule has 2 rings (SSSR count). The number of carbonyl (C=O) groups is 2. The van der Waals surface area contributed by atoms with Crippen LogP contribution < -0.4 is 10.1 Å². The molecule has 7 heteroatoms. The van der Waals surface area contributed by atoms with Crippen LogP contribution in [0.4, 0.5) is 0 Å². The molecule has 114 valence electrons. The maximum absolute atomic E-state index is 12.6. The molecule has 1 heterocycles. The van der Waals surface area contributed by atoms with Crippen molar-refractivity contribution in [2.75, 3.05) is 33.9 Å². The van der Waals surface area contributed by atoms with Crippen molar-refractivity contribution in [2.45, 2.75) is 6.04 Å². The van der Waals surface area contributed by atoms with Gasteiger partial charge in [-0.3, -0.25) is 9.59 Å². The van der Waals surface area contributed by atoms with Gasteiger partial charge in [-0.15, -0.1) is 0 Å². The van der Waals surface area contributed by atoms with Gasteiger partial charge in [0.15, 0.2) is 0 Å². The molecule has 2 N–H and O–H groups in total. The molecule has 0 bridgehead atoms. The molecule has 1 aromatic rings. The van der Waals surface area contributed by atoms with Crippen LogP contribution in [0.1, 0.15) is 10.4 Å². The van der Waals surface area contributed by atoms with Gasteiger partial charge >= 0.3 is 0 Å². The number of methoxy groups -OCH3 is 1. The van der Waals surface area contributed by atoms with Crippen molar-refractivity contribution in [3.63, 3.8) is 0 Å². The third-order valence-corrected chi connectivity index (χ3v) is 3.37. The summed E-state index contributed by atoms with van der Waals surface area (Å²) in [5.74, 6) is -0.419. The molecule has 21 heavy (non-hydrogen) atoms. The van der Waals surface area contributed by atoms with Crippen molar-refractivity contribution in [3.8, 4) is 11.5 Å². The Balaban J connectivity index is 2.30. The lowest BCUT2D eigenvalue weighted by molar-refractivity contribution is -0.130. The number of carbonyl (C=O) groups excluding carboxylic acids is 2. The first kappa shape index (κ1) is 15.1. The van der Waals surface area contributed by atoms with Crippen LogP contribution in [0.15, 0.2) is 18.2 Å². The van der Waals surface area contributed by atoms with Crippen molar-refractivity contribution >= 4 is 11.8 Å². The Labute approximate surface area is 122 Å². The van der Waals surface area contributed by atoms with Crippen molar-refractivity contribution in [1.29, 1.82) is 0 Å². The number of rotatable bonds is 3. The average molecular weight is 294 g/mol. The zero-order valence-electron chi connectivity index (χ0n) is 12.0. The summed E-state index contributed by atoms with van der Waals surface area (Å²) in [6.07, 6.45) is 0. The first-order valence-electron chi connectivity index (χ1n) is 6.55. The van der Waals surface area contributed by atoms with E-state index in [2.05, 4.69) is 5.32 Å². The number of morpholine rings is 1. The van der Waals surface area contributed by atoms with Gasteiger partial charge in [-0.1, -0.05) is 0 Å². The van der Waals surface area contributed by atoms with Crippen molar-refractivity contribution in [1.82, 2.24) is 10.2 Å². The Morgan fingerprint density at radius 2 is 2.24 bits per heavy atom. The molecule has 1 aliphatic heterocycles.